The SMILES string of the molecule is CCOc1cc(/C=C2/SC(=O)N(Cc3c(F)cccc3Cl)C2=O)ccc1OCc1ccc(Cl)c(Cl)c1. The smallest absolute Gasteiger partial charge is 0.293 e. The minimum Gasteiger partial charge on any atom is -0.490 e. The number of amides is 2. The number of imide groups is 1. The van der Waals surface area contributed by atoms with Gasteiger partial charge in [0, 0.05) is 10.6 Å². The normalized spacial score (nSPS) is 14.6. The Hall–Kier alpha value is -2.71. The summed E-state index contributed by atoms with van der Waals surface area (Å²) in [6, 6.07) is 14.6. The molecule has 0 N–H and O–H groups in total. The predicted molar refractivity (Wildman–Crippen MR) is 141 cm³/mol. The monoisotopic (exact) mass is 565 g/mol. The van der Waals surface area contributed by atoms with Gasteiger partial charge in [0.25, 0.3) is 11.1 Å². The average molecular weight is 567 g/mol. The lowest BCUT2D eigenvalue weighted by atomic mass is 10.1. The van der Waals surface area contributed by atoms with Gasteiger partial charge in [-0.25, -0.2) is 4.39 Å². The Bertz CT molecular complexity index is 1340. The Morgan fingerprint density at radius 3 is 2.47 bits per heavy atom. The van der Waals surface area contributed by atoms with Crippen LogP contribution in [0, 0.1) is 5.82 Å². The number of thioether (sulfide) groups is 1. The van der Waals surface area contributed by atoms with Crippen molar-refractivity contribution in [3.05, 3.63) is 97.1 Å². The largest absolute Gasteiger partial charge is 0.490 e. The molecule has 0 bridgehead atoms. The Labute approximate surface area is 226 Å². The van der Waals surface area contributed by atoms with Crippen molar-refractivity contribution >= 4 is 63.8 Å². The molecular weight excluding hydrogens is 548 g/mol. The van der Waals surface area contributed by atoms with E-state index in [0.29, 0.717) is 33.7 Å². The first-order valence-corrected chi connectivity index (χ1v) is 12.7. The standard InChI is InChI=1S/C26H19Cl3FNO4S/c1-2-34-23-11-15(7-9-22(23)35-14-16-6-8-19(28)20(29)10-16)12-24-25(32)31(26(33)36-24)13-17-18(27)4-3-5-21(17)30/h3-12H,2,13-14H2,1H3/b24-12+. The molecule has 2 amide bonds. The zero-order chi connectivity index (χ0) is 25.8. The second-order valence-electron chi connectivity index (χ2n) is 7.64. The average Bonchev–Trinajstić information content (AvgIpc) is 3.10. The van der Waals surface area contributed by atoms with Gasteiger partial charge in [0.15, 0.2) is 11.5 Å². The summed E-state index contributed by atoms with van der Waals surface area (Å²) >= 11 is 18.9. The van der Waals surface area contributed by atoms with E-state index in [1.165, 1.54) is 18.2 Å². The highest BCUT2D eigenvalue weighted by Gasteiger charge is 2.36. The van der Waals surface area contributed by atoms with Crippen molar-refractivity contribution in [1.29, 1.82) is 0 Å². The minimum atomic E-state index is -0.580. The maximum absolute atomic E-state index is 14.2. The first kappa shape index (κ1) is 26.4. The number of carbonyl (C=O) groups excluding carboxylic acids is 2. The molecule has 0 saturated carbocycles. The zero-order valence-electron chi connectivity index (χ0n) is 18.9. The summed E-state index contributed by atoms with van der Waals surface area (Å²) in [5.74, 6) is -0.128. The van der Waals surface area contributed by atoms with Crippen LogP contribution in [0.1, 0.15) is 23.6 Å². The Morgan fingerprint density at radius 1 is 0.944 bits per heavy atom. The fraction of sp³-hybridized carbons (Fsp3) is 0.154. The Kier molecular flexibility index (Phi) is 8.46. The molecule has 3 aromatic carbocycles. The number of ether oxygens (including phenoxy) is 2. The van der Waals surface area contributed by atoms with E-state index < -0.39 is 17.0 Å². The number of rotatable bonds is 8. The second-order valence-corrected chi connectivity index (χ2v) is 9.86. The summed E-state index contributed by atoms with van der Waals surface area (Å²) < 4.78 is 25.8. The third-order valence-corrected chi connectivity index (χ3v) is 7.20. The molecule has 1 heterocycles. The van der Waals surface area contributed by atoms with Crippen LogP contribution in [0.5, 0.6) is 11.5 Å². The summed E-state index contributed by atoms with van der Waals surface area (Å²) in [4.78, 5) is 26.6. The molecule has 1 saturated heterocycles. The Balaban J connectivity index is 1.52. The molecule has 0 unspecified atom stereocenters. The first-order chi connectivity index (χ1) is 17.3. The van der Waals surface area contributed by atoms with Gasteiger partial charge in [0.1, 0.15) is 12.4 Å². The van der Waals surface area contributed by atoms with Gasteiger partial charge in [0.2, 0.25) is 0 Å². The van der Waals surface area contributed by atoms with Crippen LogP contribution in [0.3, 0.4) is 0 Å². The molecule has 4 rings (SSSR count). The van der Waals surface area contributed by atoms with Crippen molar-refractivity contribution in [2.24, 2.45) is 0 Å². The fourth-order valence-corrected chi connectivity index (χ4v) is 4.80. The van der Waals surface area contributed by atoms with Gasteiger partial charge in [-0.2, -0.15) is 0 Å². The number of halogens is 4. The molecule has 0 spiro atoms. The van der Waals surface area contributed by atoms with Crippen LogP contribution in [0.4, 0.5) is 9.18 Å². The van der Waals surface area contributed by atoms with Gasteiger partial charge < -0.3 is 9.47 Å². The highest BCUT2D eigenvalue weighted by atomic mass is 35.5. The van der Waals surface area contributed by atoms with Gasteiger partial charge in [0.05, 0.1) is 28.1 Å². The van der Waals surface area contributed by atoms with Crippen LogP contribution in [0.25, 0.3) is 6.08 Å². The van der Waals surface area contributed by atoms with E-state index in [1.807, 2.05) is 13.0 Å². The van der Waals surface area contributed by atoms with Crippen molar-refractivity contribution in [2.45, 2.75) is 20.1 Å². The number of nitrogens with zero attached hydrogens (tertiary/aromatic N) is 1. The summed E-state index contributed by atoms with van der Waals surface area (Å²) in [6.07, 6.45) is 1.58. The van der Waals surface area contributed by atoms with Crippen molar-refractivity contribution in [3.8, 4) is 11.5 Å². The highest BCUT2D eigenvalue weighted by Crippen LogP contribution is 2.36. The topological polar surface area (TPSA) is 55.8 Å². The highest BCUT2D eigenvalue weighted by molar-refractivity contribution is 8.18. The first-order valence-electron chi connectivity index (χ1n) is 10.8. The summed E-state index contributed by atoms with van der Waals surface area (Å²) in [7, 11) is 0. The maximum atomic E-state index is 14.2. The molecule has 1 aliphatic heterocycles. The molecule has 0 aromatic heterocycles. The van der Waals surface area contributed by atoms with E-state index in [2.05, 4.69) is 0 Å². The molecule has 1 aliphatic rings. The predicted octanol–water partition coefficient (Wildman–Crippen LogP) is 8.00. The molecule has 0 aliphatic carbocycles. The lowest BCUT2D eigenvalue weighted by Crippen LogP contribution is -2.28. The van der Waals surface area contributed by atoms with Gasteiger partial charge in [-0.1, -0.05) is 53.0 Å². The third-order valence-electron chi connectivity index (χ3n) is 5.20. The van der Waals surface area contributed by atoms with E-state index in [4.69, 9.17) is 44.3 Å². The summed E-state index contributed by atoms with van der Waals surface area (Å²) in [5.41, 5.74) is 1.55. The van der Waals surface area contributed by atoms with Crippen LogP contribution < -0.4 is 9.47 Å². The van der Waals surface area contributed by atoms with Crippen LogP contribution in [0.2, 0.25) is 15.1 Å². The van der Waals surface area contributed by atoms with Crippen LogP contribution >= 0.6 is 46.6 Å². The molecule has 0 radical (unpaired) electrons. The minimum absolute atomic E-state index is 0.0878. The van der Waals surface area contributed by atoms with E-state index >= 15 is 0 Å². The lowest BCUT2D eigenvalue weighted by Gasteiger charge is -2.14. The molecule has 1 fully saturated rings. The van der Waals surface area contributed by atoms with Gasteiger partial charge in [-0.15, -0.1) is 0 Å². The van der Waals surface area contributed by atoms with Gasteiger partial charge in [-0.3, -0.25) is 14.5 Å². The quantitative estimate of drug-likeness (QED) is 0.259. The number of hydrogen-bond acceptors (Lipinski definition) is 5. The summed E-state index contributed by atoms with van der Waals surface area (Å²) in [5, 5.41) is 0.540. The molecule has 0 atom stereocenters. The number of benzene rings is 3. The van der Waals surface area contributed by atoms with Crippen molar-refractivity contribution in [2.75, 3.05) is 6.61 Å². The van der Waals surface area contributed by atoms with E-state index in [-0.39, 0.29) is 28.6 Å². The molecule has 186 valence electrons. The van der Waals surface area contributed by atoms with Crippen LogP contribution in [-0.4, -0.2) is 22.7 Å². The van der Waals surface area contributed by atoms with Gasteiger partial charge in [-0.05, 0) is 72.3 Å². The number of carbonyl (C=O) groups is 2. The Morgan fingerprint density at radius 2 is 1.75 bits per heavy atom. The maximum Gasteiger partial charge on any atom is 0.293 e. The molecule has 3 aromatic rings. The fourth-order valence-electron chi connectivity index (χ4n) is 3.42. The van der Waals surface area contributed by atoms with E-state index in [1.54, 1.807) is 36.4 Å². The second kappa shape index (κ2) is 11.6. The molecule has 5 nitrogen and oxygen atoms in total. The van der Waals surface area contributed by atoms with Crippen molar-refractivity contribution in [1.82, 2.24) is 4.90 Å². The molecule has 36 heavy (non-hydrogen) atoms. The third kappa shape index (κ3) is 5.98. The van der Waals surface area contributed by atoms with Crippen LogP contribution in [-0.2, 0) is 17.9 Å². The van der Waals surface area contributed by atoms with E-state index in [9.17, 15) is 14.0 Å². The number of hydrogen-bond donors (Lipinski definition) is 0. The van der Waals surface area contributed by atoms with E-state index in [0.717, 1.165) is 22.2 Å². The molecule has 10 heteroatoms. The molecular formula is C26H19Cl3FNO4S. The summed E-state index contributed by atoms with van der Waals surface area (Å²) in [6.45, 7) is 2.23. The van der Waals surface area contributed by atoms with Crippen LogP contribution in [0.15, 0.2) is 59.5 Å². The van der Waals surface area contributed by atoms with Gasteiger partial charge >= 0.3 is 0 Å². The zero-order valence-corrected chi connectivity index (χ0v) is 22.0. The van der Waals surface area contributed by atoms with Crippen molar-refractivity contribution in [3.63, 3.8) is 0 Å². The van der Waals surface area contributed by atoms with Crippen molar-refractivity contribution < 1.29 is 23.5 Å². The lowest BCUT2D eigenvalue weighted by molar-refractivity contribution is -0.123.